The molecule has 1 unspecified atom stereocenters. The van der Waals surface area contributed by atoms with E-state index in [-0.39, 0.29) is 17.5 Å². The minimum Gasteiger partial charge on any atom is -0.353 e. The quantitative estimate of drug-likeness (QED) is 0.767. The van der Waals surface area contributed by atoms with Crippen LogP contribution in [-0.4, -0.2) is 23.9 Å². The van der Waals surface area contributed by atoms with Crippen LogP contribution < -0.4 is 4.90 Å². The minimum absolute atomic E-state index is 0.0233. The van der Waals surface area contributed by atoms with E-state index < -0.39 is 0 Å². The van der Waals surface area contributed by atoms with E-state index in [9.17, 15) is 9.18 Å². The molecule has 0 aromatic carbocycles. The first-order chi connectivity index (χ1) is 7.68. The fourth-order valence-electron chi connectivity index (χ4n) is 2.11. The van der Waals surface area contributed by atoms with Gasteiger partial charge in [0.05, 0.1) is 0 Å². The summed E-state index contributed by atoms with van der Waals surface area (Å²) in [7, 11) is 0. The number of anilines is 1. The fourth-order valence-corrected chi connectivity index (χ4v) is 2.11. The van der Waals surface area contributed by atoms with Gasteiger partial charge in [0, 0.05) is 25.2 Å². The summed E-state index contributed by atoms with van der Waals surface area (Å²) in [5.74, 6) is 0.261. The molecule has 3 nitrogen and oxygen atoms in total. The molecule has 1 atom stereocenters. The third-order valence-electron chi connectivity index (χ3n) is 3.03. The van der Waals surface area contributed by atoms with Crippen molar-refractivity contribution in [2.45, 2.75) is 19.8 Å². The second-order valence-corrected chi connectivity index (χ2v) is 4.20. The van der Waals surface area contributed by atoms with Crippen molar-refractivity contribution in [1.82, 2.24) is 4.98 Å². The van der Waals surface area contributed by atoms with Crippen molar-refractivity contribution in [3.05, 3.63) is 24.1 Å². The Morgan fingerprint density at radius 2 is 2.44 bits per heavy atom. The lowest BCUT2D eigenvalue weighted by Crippen LogP contribution is -2.39. The number of carbonyl (C=O) groups excluding carboxylic acids is 1. The highest BCUT2D eigenvalue weighted by atomic mass is 19.1. The van der Waals surface area contributed by atoms with Crippen LogP contribution in [0.2, 0.25) is 0 Å². The van der Waals surface area contributed by atoms with Gasteiger partial charge in [-0.25, -0.2) is 9.37 Å². The van der Waals surface area contributed by atoms with Gasteiger partial charge in [-0.1, -0.05) is 0 Å². The molecule has 0 amide bonds. The number of pyridine rings is 1. The van der Waals surface area contributed by atoms with E-state index in [1.165, 1.54) is 6.07 Å². The number of hydrogen-bond acceptors (Lipinski definition) is 3. The standard InChI is InChI=1S/C12H15FN2O/c1-9(16)10-4-3-7-15(8-10)12-11(13)5-2-6-14-12/h2,5-6,10H,3-4,7-8H2,1H3. The monoisotopic (exact) mass is 222 g/mol. The molecular formula is C12H15FN2O. The Balaban J connectivity index is 2.16. The molecular weight excluding hydrogens is 207 g/mol. The van der Waals surface area contributed by atoms with Crippen LogP contribution in [0, 0.1) is 11.7 Å². The van der Waals surface area contributed by atoms with E-state index in [1.54, 1.807) is 19.2 Å². The summed E-state index contributed by atoms with van der Waals surface area (Å²) >= 11 is 0. The summed E-state index contributed by atoms with van der Waals surface area (Å²) in [4.78, 5) is 17.2. The van der Waals surface area contributed by atoms with Gasteiger partial charge in [-0.05, 0) is 31.9 Å². The van der Waals surface area contributed by atoms with E-state index in [2.05, 4.69) is 4.98 Å². The average Bonchev–Trinajstić information content (AvgIpc) is 2.30. The van der Waals surface area contributed by atoms with Crippen molar-refractivity contribution in [3.8, 4) is 0 Å². The van der Waals surface area contributed by atoms with E-state index in [0.717, 1.165) is 19.4 Å². The van der Waals surface area contributed by atoms with Crippen LogP contribution in [0.3, 0.4) is 0 Å². The van der Waals surface area contributed by atoms with Crippen LogP contribution >= 0.6 is 0 Å². The number of hydrogen-bond donors (Lipinski definition) is 0. The smallest absolute Gasteiger partial charge is 0.165 e. The highest BCUT2D eigenvalue weighted by Gasteiger charge is 2.25. The topological polar surface area (TPSA) is 33.2 Å². The van der Waals surface area contributed by atoms with Crippen LogP contribution in [-0.2, 0) is 4.79 Å². The van der Waals surface area contributed by atoms with Crippen molar-refractivity contribution in [2.24, 2.45) is 5.92 Å². The molecule has 1 fully saturated rings. The molecule has 2 heterocycles. The van der Waals surface area contributed by atoms with Crippen molar-refractivity contribution in [1.29, 1.82) is 0 Å². The van der Waals surface area contributed by atoms with Crippen molar-refractivity contribution < 1.29 is 9.18 Å². The molecule has 0 radical (unpaired) electrons. The Labute approximate surface area is 94.3 Å². The Morgan fingerprint density at radius 3 is 3.12 bits per heavy atom. The SMILES string of the molecule is CC(=O)C1CCCN(c2ncccc2F)C1. The van der Waals surface area contributed by atoms with Gasteiger partial charge in [0.15, 0.2) is 11.6 Å². The van der Waals surface area contributed by atoms with E-state index >= 15 is 0 Å². The Bertz CT molecular complexity index is 394. The third-order valence-corrected chi connectivity index (χ3v) is 3.03. The molecule has 2 rings (SSSR count). The van der Waals surface area contributed by atoms with E-state index in [4.69, 9.17) is 0 Å². The molecule has 1 aliphatic heterocycles. The summed E-state index contributed by atoms with van der Waals surface area (Å²) in [6.45, 7) is 2.96. The maximum absolute atomic E-state index is 13.5. The van der Waals surface area contributed by atoms with E-state index in [0.29, 0.717) is 12.4 Å². The first kappa shape index (κ1) is 11.0. The van der Waals surface area contributed by atoms with Crippen molar-refractivity contribution in [2.75, 3.05) is 18.0 Å². The first-order valence-electron chi connectivity index (χ1n) is 5.54. The molecule has 0 aliphatic carbocycles. The number of halogens is 1. The number of rotatable bonds is 2. The molecule has 1 aliphatic rings. The lowest BCUT2D eigenvalue weighted by Gasteiger charge is -2.32. The van der Waals surface area contributed by atoms with Crippen molar-refractivity contribution >= 4 is 11.6 Å². The van der Waals surface area contributed by atoms with Gasteiger partial charge in [0.2, 0.25) is 0 Å². The van der Waals surface area contributed by atoms with Gasteiger partial charge in [-0.15, -0.1) is 0 Å². The Kier molecular flexibility index (Phi) is 3.17. The summed E-state index contributed by atoms with van der Waals surface area (Å²) in [5.41, 5.74) is 0. The van der Waals surface area contributed by atoms with Crippen molar-refractivity contribution in [3.63, 3.8) is 0 Å². The lowest BCUT2D eigenvalue weighted by molar-refractivity contribution is -0.120. The fraction of sp³-hybridized carbons (Fsp3) is 0.500. The van der Waals surface area contributed by atoms with Crippen LogP contribution in [0.1, 0.15) is 19.8 Å². The zero-order valence-electron chi connectivity index (χ0n) is 9.32. The maximum atomic E-state index is 13.5. The summed E-state index contributed by atoms with van der Waals surface area (Å²) in [6, 6.07) is 2.98. The molecule has 1 aromatic heterocycles. The largest absolute Gasteiger partial charge is 0.353 e. The minimum atomic E-state index is -0.313. The van der Waals surface area contributed by atoms with Crippen LogP contribution in [0.4, 0.5) is 10.2 Å². The van der Waals surface area contributed by atoms with Crippen LogP contribution in [0.15, 0.2) is 18.3 Å². The number of piperidine rings is 1. The predicted molar refractivity (Wildman–Crippen MR) is 59.8 cm³/mol. The zero-order valence-corrected chi connectivity index (χ0v) is 9.32. The second kappa shape index (κ2) is 4.60. The highest BCUT2D eigenvalue weighted by molar-refractivity contribution is 5.79. The zero-order chi connectivity index (χ0) is 11.5. The van der Waals surface area contributed by atoms with Crippen LogP contribution in [0.25, 0.3) is 0 Å². The first-order valence-corrected chi connectivity index (χ1v) is 5.54. The van der Waals surface area contributed by atoms with Gasteiger partial charge >= 0.3 is 0 Å². The number of carbonyl (C=O) groups is 1. The molecule has 1 aromatic rings. The Morgan fingerprint density at radius 1 is 1.62 bits per heavy atom. The number of nitrogens with zero attached hydrogens (tertiary/aromatic N) is 2. The van der Waals surface area contributed by atoms with Gasteiger partial charge in [-0.2, -0.15) is 0 Å². The van der Waals surface area contributed by atoms with Gasteiger partial charge in [-0.3, -0.25) is 4.79 Å². The molecule has 0 N–H and O–H groups in total. The van der Waals surface area contributed by atoms with E-state index in [1.807, 2.05) is 4.90 Å². The van der Waals surface area contributed by atoms with Gasteiger partial charge < -0.3 is 4.90 Å². The highest BCUT2D eigenvalue weighted by Crippen LogP contribution is 2.23. The average molecular weight is 222 g/mol. The normalized spacial score (nSPS) is 20.9. The lowest BCUT2D eigenvalue weighted by atomic mass is 9.94. The second-order valence-electron chi connectivity index (χ2n) is 4.20. The molecule has 0 bridgehead atoms. The predicted octanol–water partition coefficient (Wildman–Crippen LogP) is 2.03. The molecule has 0 saturated carbocycles. The summed E-state index contributed by atoms with van der Waals surface area (Å²) in [6.07, 6.45) is 3.40. The molecule has 86 valence electrons. The van der Waals surface area contributed by atoms with Gasteiger partial charge in [0.25, 0.3) is 0 Å². The molecule has 4 heteroatoms. The van der Waals surface area contributed by atoms with Crippen LogP contribution in [0.5, 0.6) is 0 Å². The van der Waals surface area contributed by atoms with Gasteiger partial charge in [0.1, 0.15) is 5.78 Å². The molecule has 1 saturated heterocycles. The summed E-state index contributed by atoms with van der Waals surface area (Å²) in [5, 5.41) is 0. The number of aromatic nitrogens is 1. The number of ketones is 1. The summed E-state index contributed by atoms with van der Waals surface area (Å²) < 4.78 is 13.5. The molecule has 16 heavy (non-hydrogen) atoms. The Hall–Kier alpha value is -1.45. The maximum Gasteiger partial charge on any atom is 0.165 e. The molecule has 0 spiro atoms. The number of Topliss-reactive ketones (excluding diaryl/α,β-unsaturated/α-hetero) is 1. The third kappa shape index (κ3) is 2.21.